The van der Waals surface area contributed by atoms with E-state index in [4.69, 9.17) is 0 Å². The number of carbonyl (C=O) groups is 2. The summed E-state index contributed by atoms with van der Waals surface area (Å²) in [6.07, 6.45) is 4.40. The molecule has 0 aliphatic heterocycles. The number of hydrogen-bond acceptors (Lipinski definition) is 7. The van der Waals surface area contributed by atoms with Gasteiger partial charge in [0.2, 0.25) is 5.88 Å². The highest BCUT2D eigenvalue weighted by Gasteiger charge is 2.27. The summed E-state index contributed by atoms with van der Waals surface area (Å²) in [4.78, 5) is 50.6. The topological polar surface area (TPSA) is 170 Å². The molecule has 1 aliphatic rings. The molecular weight excluding hydrogens is 495 g/mol. The van der Waals surface area contributed by atoms with E-state index in [1.54, 1.807) is 19.1 Å². The fraction of sp³-hybridized carbons (Fsp3) is 0.360. The van der Waals surface area contributed by atoms with Crippen LogP contribution in [0.25, 0.3) is 5.78 Å². The third-order valence-corrected chi connectivity index (χ3v) is 6.93. The summed E-state index contributed by atoms with van der Waals surface area (Å²) in [6, 6.07) is 5.95. The zero-order valence-electron chi connectivity index (χ0n) is 20.6. The molecule has 2 amide bonds. The van der Waals surface area contributed by atoms with Gasteiger partial charge < -0.3 is 20.7 Å². The molecule has 4 aromatic rings. The zero-order chi connectivity index (χ0) is 26.8. The Morgan fingerprint density at radius 2 is 1.92 bits per heavy atom. The van der Waals surface area contributed by atoms with E-state index in [0.717, 1.165) is 31.2 Å². The van der Waals surface area contributed by atoms with Crippen LogP contribution in [0, 0.1) is 18.7 Å². The molecule has 12 nitrogen and oxygen atoms in total. The van der Waals surface area contributed by atoms with Gasteiger partial charge in [-0.1, -0.05) is 12.1 Å². The maximum Gasteiger partial charge on any atom is 0.325 e. The van der Waals surface area contributed by atoms with Gasteiger partial charge in [0.05, 0.1) is 5.69 Å². The number of aryl methyl sites for hydroxylation is 1. The van der Waals surface area contributed by atoms with Crippen molar-refractivity contribution in [2.24, 2.45) is 5.92 Å². The molecule has 0 saturated heterocycles. The SMILES string of the molecule is Cc1cc(CNC(=O)c2cc(C(=O)NCC3CCC(c4[nH]c(=O)[nH]c4O)CC3)n3ncnc3n2)ccc1F. The number of imidazole rings is 1. The average molecular weight is 523 g/mol. The maximum atomic E-state index is 13.5. The molecule has 3 heterocycles. The number of nitrogens with one attached hydrogen (secondary N) is 4. The molecular formula is C25H27FN8O4. The predicted molar refractivity (Wildman–Crippen MR) is 133 cm³/mol. The van der Waals surface area contributed by atoms with Crippen molar-refractivity contribution in [1.82, 2.24) is 40.2 Å². The van der Waals surface area contributed by atoms with Crippen LogP contribution in [0.4, 0.5) is 4.39 Å². The minimum atomic E-state index is -0.504. The van der Waals surface area contributed by atoms with Gasteiger partial charge in [-0.2, -0.15) is 14.6 Å². The van der Waals surface area contributed by atoms with Crippen molar-refractivity contribution >= 4 is 17.6 Å². The molecule has 5 rings (SSSR count). The Bertz CT molecular complexity index is 1550. The van der Waals surface area contributed by atoms with Crippen molar-refractivity contribution in [3.8, 4) is 5.88 Å². The Morgan fingerprint density at radius 1 is 1.13 bits per heavy atom. The van der Waals surface area contributed by atoms with E-state index in [1.807, 2.05) is 0 Å². The molecule has 0 radical (unpaired) electrons. The third-order valence-electron chi connectivity index (χ3n) is 6.93. The third kappa shape index (κ3) is 5.26. The second-order valence-corrected chi connectivity index (χ2v) is 9.53. The number of rotatable bonds is 7. The lowest BCUT2D eigenvalue weighted by molar-refractivity contribution is 0.0935. The highest BCUT2D eigenvalue weighted by atomic mass is 19.1. The Hall–Kier alpha value is -4.55. The minimum Gasteiger partial charge on any atom is -0.493 e. The molecule has 1 fully saturated rings. The van der Waals surface area contributed by atoms with E-state index >= 15 is 0 Å². The molecule has 198 valence electrons. The lowest BCUT2D eigenvalue weighted by atomic mass is 9.80. The number of hydrogen-bond donors (Lipinski definition) is 5. The Balaban J connectivity index is 1.22. The number of nitrogens with zero attached hydrogens (tertiary/aromatic N) is 4. The first-order valence-corrected chi connectivity index (χ1v) is 12.3. The van der Waals surface area contributed by atoms with E-state index in [-0.39, 0.29) is 47.2 Å². The second-order valence-electron chi connectivity index (χ2n) is 9.53. The highest BCUT2D eigenvalue weighted by molar-refractivity contribution is 5.98. The van der Waals surface area contributed by atoms with E-state index in [0.29, 0.717) is 17.8 Å². The van der Waals surface area contributed by atoms with Gasteiger partial charge in [-0.15, -0.1) is 0 Å². The van der Waals surface area contributed by atoms with Crippen molar-refractivity contribution in [3.63, 3.8) is 0 Å². The van der Waals surface area contributed by atoms with Crippen molar-refractivity contribution in [3.05, 3.63) is 75.1 Å². The van der Waals surface area contributed by atoms with Gasteiger partial charge in [0.15, 0.2) is 0 Å². The van der Waals surface area contributed by atoms with Gasteiger partial charge >= 0.3 is 5.69 Å². The first-order chi connectivity index (χ1) is 18.3. The van der Waals surface area contributed by atoms with Gasteiger partial charge in [0, 0.05) is 25.1 Å². The van der Waals surface area contributed by atoms with Gasteiger partial charge in [0.25, 0.3) is 17.6 Å². The first kappa shape index (κ1) is 25.1. The molecule has 0 spiro atoms. The predicted octanol–water partition coefficient (Wildman–Crippen LogP) is 1.93. The molecule has 0 unspecified atom stereocenters. The van der Waals surface area contributed by atoms with Crippen LogP contribution in [-0.2, 0) is 6.54 Å². The molecule has 3 aromatic heterocycles. The Morgan fingerprint density at radius 3 is 2.63 bits per heavy atom. The number of aromatic hydroxyl groups is 1. The largest absolute Gasteiger partial charge is 0.493 e. The van der Waals surface area contributed by atoms with E-state index < -0.39 is 17.5 Å². The summed E-state index contributed by atoms with van der Waals surface area (Å²) < 4.78 is 14.8. The van der Waals surface area contributed by atoms with Crippen LogP contribution in [0.5, 0.6) is 5.88 Å². The van der Waals surface area contributed by atoms with Gasteiger partial charge in [-0.05, 0) is 55.7 Å². The van der Waals surface area contributed by atoms with Crippen molar-refractivity contribution in [2.75, 3.05) is 6.54 Å². The lowest BCUT2D eigenvalue weighted by Gasteiger charge is -2.28. The summed E-state index contributed by atoms with van der Waals surface area (Å²) >= 11 is 0. The van der Waals surface area contributed by atoms with Crippen LogP contribution in [0.1, 0.15) is 69.4 Å². The van der Waals surface area contributed by atoms with Crippen molar-refractivity contribution in [2.45, 2.75) is 45.1 Å². The maximum absolute atomic E-state index is 13.5. The number of carbonyl (C=O) groups excluding carboxylic acids is 2. The van der Waals surface area contributed by atoms with Gasteiger partial charge in [0.1, 0.15) is 23.5 Å². The Labute approximate surface area is 215 Å². The second kappa shape index (κ2) is 10.4. The number of amides is 2. The standard InChI is InChI=1S/C25H27FN8O4/c1-13-8-15(4-7-17(13)26)11-27-21(35)18-9-19(34-24(31-18)29-12-30-34)22(36)28-10-14-2-5-16(6-3-14)20-23(37)33-25(38)32-20/h4,7-9,12,14,16,37H,2-3,5-6,10-11H2,1H3,(H,27,35)(H,28,36)(H2,32,33,38). The summed E-state index contributed by atoms with van der Waals surface area (Å²) in [7, 11) is 0. The minimum absolute atomic E-state index is 0.00953. The van der Waals surface area contributed by atoms with Gasteiger partial charge in [-0.25, -0.2) is 14.2 Å². The summed E-state index contributed by atoms with van der Waals surface area (Å²) in [5.41, 5.74) is 1.44. The first-order valence-electron chi connectivity index (χ1n) is 12.3. The number of aromatic amines is 2. The molecule has 1 saturated carbocycles. The van der Waals surface area contributed by atoms with E-state index in [2.05, 4.69) is 35.7 Å². The number of fused-ring (bicyclic) bond motifs is 1. The van der Waals surface area contributed by atoms with Crippen LogP contribution in [0.15, 0.2) is 35.4 Å². The zero-order valence-corrected chi connectivity index (χ0v) is 20.6. The van der Waals surface area contributed by atoms with Crippen molar-refractivity contribution < 1.29 is 19.1 Å². The highest BCUT2D eigenvalue weighted by Crippen LogP contribution is 2.36. The number of H-pyrrole nitrogens is 2. The fourth-order valence-electron chi connectivity index (χ4n) is 4.85. The molecule has 0 atom stereocenters. The summed E-state index contributed by atoms with van der Waals surface area (Å²) in [5, 5.41) is 19.6. The van der Waals surface area contributed by atoms with Crippen LogP contribution in [0.3, 0.4) is 0 Å². The Kier molecular flexibility index (Phi) is 6.90. The number of benzene rings is 1. The molecule has 1 aromatic carbocycles. The molecule has 5 N–H and O–H groups in total. The quantitative estimate of drug-likeness (QED) is 0.247. The average Bonchev–Trinajstić information content (AvgIpc) is 3.52. The normalized spacial score (nSPS) is 17.4. The van der Waals surface area contributed by atoms with Crippen molar-refractivity contribution in [1.29, 1.82) is 0 Å². The molecule has 13 heteroatoms. The molecule has 38 heavy (non-hydrogen) atoms. The lowest BCUT2D eigenvalue weighted by Crippen LogP contribution is -2.33. The molecule has 1 aliphatic carbocycles. The van der Waals surface area contributed by atoms with Gasteiger partial charge in [-0.3, -0.25) is 14.6 Å². The summed E-state index contributed by atoms with van der Waals surface area (Å²) in [6.45, 7) is 2.23. The van der Waals surface area contributed by atoms with Crippen LogP contribution in [-0.4, -0.2) is 53.0 Å². The van der Waals surface area contributed by atoms with Crippen LogP contribution >= 0.6 is 0 Å². The number of aromatic nitrogens is 6. The smallest absolute Gasteiger partial charge is 0.325 e. The fourth-order valence-corrected chi connectivity index (χ4v) is 4.85. The van der Waals surface area contributed by atoms with Crippen LogP contribution in [0.2, 0.25) is 0 Å². The monoisotopic (exact) mass is 522 g/mol. The van der Waals surface area contributed by atoms with Crippen LogP contribution < -0.4 is 16.3 Å². The van der Waals surface area contributed by atoms with E-state index in [9.17, 15) is 23.9 Å². The number of halogens is 1. The summed E-state index contributed by atoms with van der Waals surface area (Å²) in [5.74, 6) is -0.973. The molecule has 0 bridgehead atoms. The van der Waals surface area contributed by atoms with E-state index in [1.165, 1.54) is 23.0 Å².